The van der Waals surface area contributed by atoms with Crippen molar-refractivity contribution >= 4 is 5.91 Å². The van der Waals surface area contributed by atoms with Crippen molar-refractivity contribution in [1.82, 2.24) is 9.55 Å². The van der Waals surface area contributed by atoms with E-state index in [2.05, 4.69) is 4.98 Å². The van der Waals surface area contributed by atoms with Gasteiger partial charge in [-0.2, -0.15) is 0 Å². The first-order valence-corrected chi connectivity index (χ1v) is 13.3. The Kier molecular flexibility index (Phi) is 11.9. The zero-order valence-electron chi connectivity index (χ0n) is 23.6. The second-order valence-corrected chi connectivity index (χ2v) is 9.34. The third-order valence-electron chi connectivity index (χ3n) is 5.96. The van der Waals surface area contributed by atoms with Crippen LogP contribution in [0.4, 0.5) is 0 Å². The normalized spacial score (nSPS) is 11.1. The third kappa shape index (κ3) is 9.95. The molecule has 11 nitrogen and oxygen atoms in total. The van der Waals surface area contributed by atoms with Crippen LogP contribution >= 0.6 is 0 Å². The lowest BCUT2D eigenvalue weighted by Crippen LogP contribution is -2.19. The molecule has 0 radical (unpaired) electrons. The maximum absolute atomic E-state index is 11.8. The van der Waals surface area contributed by atoms with E-state index in [-0.39, 0.29) is 29.5 Å². The van der Waals surface area contributed by atoms with Crippen LogP contribution in [-0.2, 0) is 13.6 Å². The molecular formula is C31H36N4O7. The highest BCUT2D eigenvalue weighted by atomic mass is 16.5. The largest absolute Gasteiger partial charge is 0.507 e. The first-order valence-electron chi connectivity index (χ1n) is 13.3. The number of amides is 1. The van der Waals surface area contributed by atoms with Gasteiger partial charge in [0.25, 0.3) is 11.5 Å². The van der Waals surface area contributed by atoms with Gasteiger partial charge in [0.05, 0.1) is 18.3 Å². The van der Waals surface area contributed by atoms with E-state index in [4.69, 9.17) is 25.7 Å². The van der Waals surface area contributed by atoms with Crippen molar-refractivity contribution in [2.24, 2.45) is 18.5 Å². The Morgan fingerprint density at radius 1 is 0.976 bits per heavy atom. The summed E-state index contributed by atoms with van der Waals surface area (Å²) in [7, 11) is 1.58. The Labute approximate surface area is 243 Å². The van der Waals surface area contributed by atoms with Crippen molar-refractivity contribution in [3.8, 4) is 29.0 Å². The minimum absolute atomic E-state index is 0.0125. The molecule has 0 aliphatic heterocycles. The summed E-state index contributed by atoms with van der Waals surface area (Å²) in [4.78, 5) is 27.3. The zero-order valence-corrected chi connectivity index (χ0v) is 23.6. The number of phenols is 1. The van der Waals surface area contributed by atoms with Gasteiger partial charge in [0, 0.05) is 25.4 Å². The van der Waals surface area contributed by atoms with Crippen LogP contribution in [0.5, 0.6) is 29.0 Å². The topological polar surface area (TPSA) is 172 Å². The Hall–Kier alpha value is -4.87. The standard InChI is InChI=1S/C24H27N3O7.C7H9N/c1-15-12-22(30)27(2)24(26-15)34-18-7-5-17(6-8-18)33-14-16(28)4-3-11-32-19-9-10-21(29)20(13-19)23(25)31;8-6-7-4-2-1-3-5-7/h5-10,12-13,16,28-29H,3-4,11,14H2,1-2H3,(H2,25,31);1-5H,6,8H2. The molecule has 222 valence electrons. The van der Waals surface area contributed by atoms with Crippen molar-refractivity contribution in [2.75, 3.05) is 13.2 Å². The monoisotopic (exact) mass is 576 g/mol. The van der Waals surface area contributed by atoms with Crippen molar-refractivity contribution in [3.63, 3.8) is 0 Å². The van der Waals surface area contributed by atoms with E-state index in [1.165, 1.54) is 34.4 Å². The van der Waals surface area contributed by atoms with Crippen LogP contribution in [0.15, 0.2) is 83.7 Å². The van der Waals surface area contributed by atoms with Crippen LogP contribution in [0.25, 0.3) is 0 Å². The lowest BCUT2D eigenvalue weighted by molar-refractivity contribution is 0.0938. The molecule has 1 atom stereocenters. The summed E-state index contributed by atoms with van der Waals surface area (Å²) in [5, 5.41) is 19.7. The number of nitrogens with two attached hydrogens (primary N) is 2. The average Bonchev–Trinajstić information content (AvgIpc) is 2.99. The number of ether oxygens (including phenoxy) is 3. The van der Waals surface area contributed by atoms with Gasteiger partial charge in [0.15, 0.2) is 0 Å². The summed E-state index contributed by atoms with van der Waals surface area (Å²) in [6.45, 7) is 2.76. The number of carbonyl (C=O) groups excluding carboxylic acids is 1. The molecular weight excluding hydrogens is 540 g/mol. The minimum atomic E-state index is -0.743. The van der Waals surface area contributed by atoms with Crippen LogP contribution in [-0.4, -0.2) is 45.0 Å². The molecule has 3 aromatic carbocycles. The number of carbonyl (C=O) groups is 1. The Balaban J connectivity index is 0.000000521. The highest BCUT2D eigenvalue weighted by Crippen LogP contribution is 2.24. The van der Waals surface area contributed by atoms with Gasteiger partial charge in [0.2, 0.25) is 0 Å². The molecule has 0 aliphatic rings. The number of aliphatic hydroxyl groups excluding tert-OH is 1. The number of aliphatic hydroxyl groups is 1. The fraction of sp³-hybridized carbons (Fsp3) is 0.258. The average molecular weight is 577 g/mol. The molecule has 42 heavy (non-hydrogen) atoms. The van der Waals surface area contributed by atoms with Crippen LogP contribution < -0.4 is 31.2 Å². The van der Waals surface area contributed by atoms with E-state index < -0.39 is 12.0 Å². The van der Waals surface area contributed by atoms with Crippen LogP contribution in [0.2, 0.25) is 0 Å². The second kappa shape index (κ2) is 15.8. The number of nitrogens with zero attached hydrogens (tertiary/aromatic N) is 2. The van der Waals surface area contributed by atoms with Gasteiger partial charge in [-0.05, 0) is 67.8 Å². The SMILES string of the molecule is Cc1cc(=O)n(C)c(Oc2ccc(OCC(O)CCCOc3ccc(O)c(C(N)=O)c3)cc2)n1.NCc1ccccc1. The van der Waals surface area contributed by atoms with Crippen molar-refractivity contribution < 1.29 is 29.2 Å². The van der Waals surface area contributed by atoms with E-state index in [0.29, 0.717) is 48.9 Å². The minimum Gasteiger partial charge on any atom is -0.507 e. The maximum Gasteiger partial charge on any atom is 0.304 e. The predicted octanol–water partition coefficient (Wildman–Crippen LogP) is 3.43. The Morgan fingerprint density at radius 3 is 2.29 bits per heavy atom. The van der Waals surface area contributed by atoms with Gasteiger partial charge in [-0.25, -0.2) is 4.98 Å². The lowest BCUT2D eigenvalue weighted by Gasteiger charge is -2.14. The molecule has 0 saturated heterocycles. The molecule has 0 spiro atoms. The number of primary amides is 1. The fourth-order valence-electron chi connectivity index (χ4n) is 3.63. The molecule has 6 N–H and O–H groups in total. The molecule has 1 unspecified atom stereocenters. The Morgan fingerprint density at radius 2 is 1.64 bits per heavy atom. The van der Waals surface area contributed by atoms with Crippen LogP contribution in [0, 0.1) is 6.92 Å². The summed E-state index contributed by atoms with van der Waals surface area (Å²) in [6, 6.07) is 22.6. The number of benzene rings is 3. The van der Waals surface area contributed by atoms with E-state index in [0.717, 1.165) is 0 Å². The number of hydrogen-bond donors (Lipinski definition) is 4. The smallest absolute Gasteiger partial charge is 0.304 e. The van der Waals surface area contributed by atoms with Gasteiger partial charge < -0.3 is 35.9 Å². The molecule has 4 aromatic rings. The van der Waals surface area contributed by atoms with E-state index in [1.807, 2.05) is 30.3 Å². The van der Waals surface area contributed by atoms with E-state index in [1.54, 1.807) is 38.2 Å². The summed E-state index contributed by atoms with van der Waals surface area (Å²) in [5.41, 5.74) is 12.1. The van der Waals surface area contributed by atoms with Gasteiger partial charge in [0.1, 0.15) is 29.6 Å². The number of aromatic nitrogens is 2. The Bertz CT molecular complexity index is 1490. The number of hydrogen-bond acceptors (Lipinski definition) is 9. The molecule has 1 amide bonds. The first-order chi connectivity index (χ1) is 20.2. The van der Waals surface area contributed by atoms with Gasteiger partial charge in [-0.15, -0.1) is 0 Å². The highest BCUT2D eigenvalue weighted by Gasteiger charge is 2.11. The molecule has 0 bridgehead atoms. The van der Waals surface area contributed by atoms with Crippen molar-refractivity contribution in [3.05, 3.63) is 106 Å². The maximum atomic E-state index is 11.8. The molecule has 1 heterocycles. The molecule has 0 fully saturated rings. The van der Waals surface area contributed by atoms with Crippen LogP contribution in [0.1, 0.15) is 34.5 Å². The molecule has 0 saturated carbocycles. The second-order valence-electron chi connectivity index (χ2n) is 9.34. The summed E-state index contributed by atoms with van der Waals surface area (Å²) in [5.74, 6) is 0.501. The van der Waals surface area contributed by atoms with Gasteiger partial charge >= 0.3 is 6.01 Å². The van der Waals surface area contributed by atoms with Crippen molar-refractivity contribution in [1.29, 1.82) is 0 Å². The van der Waals surface area contributed by atoms with E-state index >= 15 is 0 Å². The molecule has 0 aliphatic carbocycles. The first kappa shape index (κ1) is 31.7. The van der Waals surface area contributed by atoms with Gasteiger partial charge in [-0.3, -0.25) is 14.2 Å². The quantitative estimate of drug-likeness (QED) is 0.184. The summed E-state index contributed by atoms with van der Waals surface area (Å²) >= 11 is 0. The highest BCUT2D eigenvalue weighted by molar-refractivity contribution is 5.95. The van der Waals surface area contributed by atoms with Crippen LogP contribution in [0.3, 0.4) is 0 Å². The summed E-state index contributed by atoms with van der Waals surface area (Å²) < 4.78 is 18.1. The number of rotatable bonds is 12. The number of aryl methyl sites for hydroxylation is 1. The zero-order chi connectivity index (χ0) is 30.5. The third-order valence-corrected chi connectivity index (χ3v) is 5.96. The predicted molar refractivity (Wildman–Crippen MR) is 158 cm³/mol. The number of aromatic hydroxyl groups is 1. The van der Waals surface area contributed by atoms with E-state index in [9.17, 15) is 19.8 Å². The lowest BCUT2D eigenvalue weighted by atomic mass is 10.2. The molecule has 4 rings (SSSR count). The summed E-state index contributed by atoms with van der Waals surface area (Å²) in [6.07, 6.45) is 0.285. The molecule has 1 aromatic heterocycles. The van der Waals surface area contributed by atoms with Crippen molar-refractivity contribution in [2.45, 2.75) is 32.4 Å². The van der Waals surface area contributed by atoms with Gasteiger partial charge in [-0.1, -0.05) is 30.3 Å². The fourth-order valence-corrected chi connectivity index (χ4v) is 3.63. The molecule has 11 heteroatoms.